The van der Waals surface area contributed by atoms with Gasteiger partial charge in [-0.2, -0.15) is 0 Å². The van der Waals surface area contributed by atoms with Gasteiger partial charge in [-0.3, -0.25) is 37.3 Å². The van der Waals surface area contributed by atoms with Crippen LogP contribution < -0.4 is 0 Å². The maximum absolute atomic E-state index is 13.0. The molecule has 3 N–H and O–H groups in total. The number of unbranched alkanes of at least 4 members (excludes halogenated alkanes) is 32. The number of aliphatic hydroxyl groups excluding tert-OH is 1. The Morgan fingerprint density at radius 3 is 0.900 bits per heavy atom. The summed E-state index contributed by atoms with van der Waals surface area (Å²) in [5, 5.41) is 10.6. The Labute approximate surface area is 548 Å². The fourth-order valence-corrected chi connectivity index (χ4v) is 11.8. The predicted molar refractivity (Wildman–Crippen MR) is 363 cm³/mol. The maximum atomic E-state index is 13.0. The van der Waals surface area contributed by atoms with E-state index in [0.717, 1.165) is 121 Å². The monoisotopic (exact) mass is 1320 g/mol. The van der Waals surface area contributed by atoms with Crippen LogP contribution >= 0.6 is 15.6 Å². The number of rotatable bonds is 67. The van der Waals surface area contributed by atoms with E-state index in [1.165, 1.54) is 116 Å². The number of ether oxygens (including phenoxy) is 4. The third-order valence-corrected chi connectivity index (χ3v) is 17.7. The molecule has 0 heterocycles. The lowest BCUT2D eigenvalue weighted by Gasteiger charge is -2.21. The Kier molecular flexibility index (Phi) is 59.7. The first kappa shape index (κ1) is 87.5. The molecule has 0 rings (SSSR count). The predicted octanol–water partition coefficient (Wildman–Crippen LogP) is 19.8. The van der Waals surface area contributed by atoms with E-state index in [4.69, 9.17) is 37.0 Å². The SMILES string of the molecule is CCCCCC/C=C\C=C/CCCCCCCC(=O)O[C@H](COC(=O)CCCCCCCCCC(C)C)COP(=O)(O)OCC(O)COP(=O)(O)OC[C@@H](COC(=O)CCCCCCCCCC(C)C)OC(=O)CCCCCCCCCCCCCCC(C)C. The molecule has 0 radical (unpaired) electrons. The molecule has 0 saturated heterocycles. The molecule has 19 heteroatoms. The van der Waals surface area contributed by atoms with Crippen LogP contribution in [-0.4, -0.2) is 96.7 Å². The smallest absolute Gasteiger partial charge is 0.462 e. The normalized spacial score (nSPS) is 14.4. The highest BCUT2D eigenvalue weighted by Crippen LogP contribution is 2.45. The van der Waals surface area contributed by atoms with Crippen LogP contribution in [0.1, 0.15) is 331 Å². The van der Waals surface area contributed by atoms with Gasteiger partial charge in [-0.15, -0.1) is 0 Å². The second kappa shape index (κ2) is 61.4. The van der Waals surface area contributed by atoms with Crippen molar-refractivity contribution in [1.29, 1.82) is 0 Å². The van der Waals surface area contributed by atoms with Crippen molar-refractivity contribution in [2.45, 2.75) is 349 Å². The van der Waals surface area contributed by atoms with Crippen molar-refractivity contribution in [3.63, 3.8) is 0 Å². The Morgan fingerprint density at radius 2 is 0.600 bits per heavy atom. The Morgan fingerprint density at radius 1 is 0.344 bits per heavy atom. The van der Waals surface area contributed by atoms with Gasteiger partial charge in [0.05, 0.1) is 26.4 Å². The molecule has 0 aliphatic carbocycles. The molecule has 530 valence electrons. The minimum Gasteiger partial charge on any atom is -0.462 e. The number of esters is 4. The summed E-state index contributed by atoms with van der Waals surface area (Å²) in [5.74, 6) is 0.0226. The third-order valence-electron chi connectivity index (χ3n) is 15.8. The van der Waals surface area contributed by atoms with Gasteiger partial charge in [0.25, 0.3) is 0 Å². The molecule has 5 atom stereocenters. The molecule has 0 aromatic heterocycles. The first-order valence-corrected chi connectivity index (χ1v) is 39.2. The van der Waals surface area contributed by atoms with Crippen LogP contribution in [-0.2, 0) is 65.4 Å². The van der Waals surface area contributed by atoms with Crippen molar-refractivity contribution in [1.82, 2.24) is 0 Å². The lowest BCUT2D eigenvalue weighted by atomic mass is 10.0. The summed E-state index contributed by atoms with van der Waals surface area (Å²) in [6, 6.07) is 0. The molecule has 0 aromatic rings. The fraction of sp³-hybridized carbons (Fsp3) is 0.887. The van der Waals surface area contributed by atoms with Crippen LogP contribution in [0.2, 0.25) is 0 Å². The molecule has 0 aromatic carbocycles. The molecule has 0 saturated carbocycles. The zero-order valence-electron chi connectivity index (χ0n) is 58.1. The number of carbonyl (C=O) groups is 4. The van der Waals surface area contributed by atoms with Gasteiger partial charge in [-0.1, -0.05) is 278 Å². The first-order valence-electron chi connectivity index (χ1n) is 36.2. The molecular formula is C71H134O17P2. The van der Waals surface area contributed by atoms with Crippen LogP contribution in [0.15, 0.2) is 24.3 Å². The van der Waals surface area contributed by atoms with Gasteiger partial charge < -0.3 is 33.8 Å². The van der Waals surface area contributed by atoms with Crippen molar-refractivity contribution >= 4 is 39.5 Å². The molecule has 90 heavy (non-hydrogen) atoms. The number of phosphoric ester groups is 2. The van der Waals surface area contributed by atoms with Gasteiger partial charge in [0.15, 0.2) is 12.2 Å². The summed E-state index contributed by atoms with van der Waals surface area (Å²) < 4.78 is 68.2. The van der Waals surface area contributed by atoms with E-state index in [1.807, 2.05) is 0 Å². The summed E-state index contributed by atoms with van der Waals surface area (Å²) in [7, 11) is -9.92. The number of carbonyl (C=O) groups excluding carboxylic acids is 4. The molecule has 0 bridgehead atoms. The van der Waals surface area contributed by atoms with Crippen molar-refractivity contribution in [2.24, 2.45) is 17.8 Å². The Balaban J connectivity index is 5.28. The number of aliphatic hydroxyl groups is 1. The molecule has 3 unspecified atom stereocenters. The van der Waals surface area contributed by atoms with Crippen molar-refractivity contribution < 1.29 is 80.2 Å². The quantitative estimate of drug-likeness (QED) is 0.0169. The molecule has 0 amide bonds. The summed E-state index contributed by atoms with van der Waals surface area (Å²) >= 11 is 0. The second-order valence-corrected chi connectivity index (χ2v) is 29.3. The maximum Gasteiger partial charge on any atom is 0.472 e. The Hall–Kier alpha value is -2.46. The van der Waals surface area contributed by atoms with Crippen molar-refractivity contribution in [2.75, 3.05) is 39.6 Å². The molecule has 0 spiro atoms. The van der Waals surface area contributed by atoms with Crippen LogP contribution in [0, 0.1) is 17.8 Å². The zero-order chi connectivity index (χ0) is 66.6. The van der Waals surface area contributed by atoms with Crippen LogP contribution in [0.4, 0.5) is 0 Å². The topological polar surface area (TPSA) is 237 Å². The van der Waals surface area contributed by atoms with E-state index in [0.29, 0.717) is 37.5 Å². The van der Waals surface area contributed by atoms with Gasteiger partial charge in [-0.25, -0.2) is 9.13 Å². The first-order chi connectivity index (χ1) is 43.2. The van der Waals surface area contributed by atoms with Crippen LogP contribution in [0.3, 0.4) is 0 Å². The van der Waals surface area contributed by atoms with E-state index < -0.39 is 97.5 Å². The van der Waals surface area contributed by atoms with E-state index in [9.17, 15) is 43.2 Å². The number of allylic oxidation sites excluding steroid dienone is 4. The minimum atomic E-state index is -4.96. The zero-order valence-corrected chi connectivity index (χ0v) is 59.9. The van der Waals surface area contributed by atoms with Crippen molar-refractivity contribution in [3.8, 4) is 0 Å². The highest BCUT2D eigenvalue weighted by atomic mass is 31.2. The van der Waals surface area contributed by atoms with Gasteiger partial charge in [0.1, 0.15) is 19.3 Å². The number of phosphoric acid groups is 2. The molecule has 0 aliphatic rings. The summed E-state index contributed by atoms with van der Waals surface area (Å²) in [6.07, 6.45) is 48.2. The van der Waals surface area contributed by atoms with Gasteiger partial charge in [0.2, 0.25) is 0 Å². The van der Waals surface area contributed by atoms with E-state index >= 15 is 0 Å². The average molecular weight is 1320 g/mol. The highest BCUT2D eigenvalue weighted by molar-refractivity contribution is 7.47. The summed E-state index contributed by atoms with van der Waals surface area (Å²) in [5.41, 5.74) is 0. The van der Waals surface area contributed by atoms with Gasteiger partial charge in [0, 0.05) is 25.7 Å². The molecule has 0 aliphatic heterocycles. The fourth-order valence-electron chi connectivity index (χ4n) is 10.2. The lowest BCUT2D eigenvalue weighted by molar-refractivity contribution is -0.161. The Bertz CT molecular complexity index is 1860. The second-order valence-electron chi connectivity index (χ2n) is 26.4. The standard InChI is InChI=1S/C71H134O17P2/c1-8-9-10-11-12-13-14-15-16-17-21-24-31-40-47-54-70(75)87-66(58-81-68(73)52-45-38-33-26-29-36-43-50-63(4)5)60-85-89(77,78)83-56-65(72)57-84-90(79,80)86-61-67(59-82-69(74)53-46-39-34-27-30-37-44-51-64(6)7)88-71(76)55-48-41-32-25-22-19-18-20-23-28-35-42-49-62(2)3/h13-16,62-67,72H,8-12,17-61H2,1-7H3,(H,77,78)(H,79,80)/b14-13-,16-15-/t65?,66-,67-/m1/s1. The van der Waals surface area contributed by atoms with E-state index in [-0.39, 0.29) is 25.7 Å². The lowest BCUT2D eigenvalue weighted by Crippen LogP contribution is -2.30. The molecule has 0 fully saturated rings. The average Bonchev–Trinajstić information content (AvgIpc) is 3.71. The van der Waals surface area contributed by atoms with Crippen LogP contribution in [0.25, 0.3) is 0 Å². The summed E-state index contributed by atoms with van der Waals surface area (Å²) in [6.45, 7) is 11.7. The van der Waals surface area contributed by atoms with E-state index in [1.54, 1.807) is 0 Å². The van der Waals surface area contributed by atoms with Gasteiger partial charge >= 0.3 is 39.5 Å². The van der Waals surface area contributed by atoms with Gasteiger partial charge in [-0.05, 0) is 69.1 Å². The molecule has 17 nitrogen and oxygen atoms in total. The largest absolute Gasteiger partial charge is 0.472 e. The number of hydrogen-bond acceptors (Lipinski definition) is 15. The number of hydrogen-bond donors (Lipinski definition) is 3. The highest BCUT2D eigenvalue weighted by Gasteiger charge is 2.30. The van der Waals surface area contributed by atoms with Crippen LogP contribution in [0.5, 0.6) is 0 Å². The molecular weight excluding hydrogens is 1190 g/mol. The summed E-state index contributed by atoms with van der Waals surface area (Å²) in [4.78, 5) is 72.5. The minimum absolute atomic E-state index is 0.0837. The van der Waals surface area contributed by atoms with E-state index in [2.05, 4.69) is 72.8 Å². The third kappa shape index (κ3) is 64.3. The van der Waals surface area contributed by atoms with Crippen molar-refractivity contribution in [3.05, 3.63) is 24.3 Å².